The first-order valence-electron chi connectivity index (χ1n) is 12.2. The van der Waals surface area contributed by atoms with Crippen molar-refractivity contribution in [1.82, 2.24) is 34.7 Å². The molecule has 0 atom stereocenters. The molecule has 4 aromatic rings. The standard InChI is InChI=1S/C23H24BrN7O3.C2H5NO/c1-25-22-27-16-12-13(11-15(24)20(16)28-22)18(32)4-5-19(33)30-9-6-14(7-10-30)31-17-3-2-8-26-21(17)29-23(31)34;1-3-2-4/h2-3,8,11-12,14H,4-7,9-10H2,1H3,(H2,25,27,28)(H,26,29,34);2H,1H3,(H,3,4). The van der Waals surface area contributed by atoms with Crippen molar-refractivity contribution in [1.29, 1.82) is 0 Å². The van der Waals surface area contributed by atoms with Crippen LogP contribution in [-0.4, -0.2) is 74.7 Å². The second-order valence-electron chi connectivity index (χ2n) is 8.80. The fourth-order valence-electron chi connectivity index (χ4n) is 4.57. The molecule has 0 aliphatic carbocycles. The normalized spacial score (nSPS) is 13.7. The van der Waals surface area contributed by atoms with Crippen molar-refractivity contribution in [2.24, 2.45) is 0 Å². The minimum absolute atomic E-state index is 0.0112. The summed E-state index contributed by atoms with van der Waals surface area (Å²) in [6.07, 6.45) is 3.92. The largest absolute Gasteiger partial charge is 0.362 e. The number of piperidine rings is 1. The van der Waals surface area contributed by atoms with Crippen molar-refractivity contribution in [3.05, 3.63) is 51.0 Å². The number of aromatic amines is 2. The Hall–Kier alpha value is -4.00. The second-order valence-corrected chi connectivity index (χ2v) is 9.66. The zero-order valence-electron chi connectivity index (χ0n) is 21.1. The van der Waals surface area contributed by atoms with Crippen molar-refractivity contribution >= 4 is 62.2 Å². The number of halogens is 1. The second kappa shape index (κ2) is 12.0. The van der Waals surface area contributed by atoms with Gasteiger partial charge in [-0.25, -0.2) is 14.8 Å². The van der Waals surface area contributed by atoms with E-state index in [0.717, 1.165) is 21.0 Å². The van der Waals surface area contributed by atoms with Gasteiger partial charge in [0.25, 0.3) is 0 Å². The van der Waals surface area contributed by atoms with Gasteiger partial charge < -0.3 is 20.5 Å². The summed E-state index contributed by atoms with van der Waals surface area (Å²) < 4.78 is 2.47. The van der Waals surface area contributed by atoms with Gasteiger partial charge in [-0.3, -0.25) is 23.9 Å². The molecule has 0 saturated carbocycles. The zero-order chi connectivity index (χ0) is 27.2. The van der Waals surface area contributed by atoms with Gasteiger partial charge in [0.05, 0.1) is 11.0 Å². The third-order valence-corrected chi connectivity index (χ3v) is 7.06. The summed E-state index contributed by atoms with van der Waals surface area (Å²) in [5.74, 6) is 0.480. The van der Waals surface area contributed by atoms with Gasteiger partial charge in [-0.1, -0.05) is 0 Å². The molecule has 3 aromatic heterocycles. The molecule has 0 unspecified atom stereocenters. The Bertz CT molecular complexity index is 1520. The van der Waals surface area contributed by atoms with Crippen molar-refractivity contribution in [2.75, 3.05) is 32.5 Å². The Labute approximate surface area is 226 Å². The van der Waals surface area contributed by atoms with Gasteiger partial charge >= 0.3 is 5.69 Å². The third-order valence-electron chi connectivity index (χ3n) is 6.46. The Morgan fingerprint density at radius 2 is 1.92 bits per heavy atom. The fourth-order valence-corrected chi connectivity index (χ4v) is 5.12. The van der Waals surface area contributed by atoms with Gasteiger partial charge in [-0.15, -0.1) is 0 Å². The number of H-pyrrole nitrogens is 2. The molecule has 1 aliphatic rings. The predicted molar refractivity (Wildman–Crippen MR) is 147 cm³/mol. The number of rotatable bonds is 7. The van der Waals surface area contributed by atoms with E-state index in [1.807, 2.05) is 12.1 Å². The van der Waals surface area contributed by atoms with Crippen LogP contribution in [0.4, 0.5) is 5.95 Å². The van der Waals surface area contributed by atoms with Crippen LogP contribution in [0, 0.1) is 0 Å². The van der Waals surface area contributed by atoms with Crippen LogP contribution in [0.5, 0.6) is 0 Å². The molecule has 1 saturated heterocycles. The maximum absolute atomic E-state index is 12.8. The van der Waals surface area contributed by atoms with E-state index in [1.54, 1.807) is 41.9 Å². The first-order chi connectivity index (χ1) is 18.4. The van der Waals surface area contributed by atoms with Gasteiger partial charge in [-0.05, 0) is 53.0 Å². The third kappa shape index (κ3) is 5.77. The van der Waals surface area contributed by atoms with E-state index in [-0.39, 0.29) is 36.3 Å². The Kier molecular flexibility index (Phi) is 8.56. The number of nitrogens with zero attached hydrogens (tertiary/aromatic N) is 4. The number of Topliss-reactive ketones (excluding diaryl/α,β-unsaturated/α-hetero) is 1. The van der Waals surface area contributed by atoms with Gasteiger partial charge in [0, 0.05) is 62.3 Å². The minimum atomic E-state index is -0.175. The predicted octanol–water partition coefficient (Wildman–Crippen LogP) is 2.59. The number of nitrogens with one attached hydrogen (secondary N) is 4. The average molecular weight is 585 g/mol. The van der Waals surface area contributed by atoms with Crippen LogP contribution in [0.25, 0.3) is 22.2 Å². The van der Waals surface area contributed by atoms with Crippen LogP contribution in [0.2, 0.25) is 0 Å². The van der Waals surface area contributed by atoms with E-state index < -0.39 is 0 Å². The number of carbonyl (C=O) groups is 3. The molecule has 12 nitrogen and oxygen atoms in total. The lowest BCUT2D eigenvalue weighted by Gasteiger charge is -2.32. The lowest BCUT2D eigenvalue weighted by atomic mass is 10.0. The number of pyridine rings is 1. The number of amides is 2. The number of carbonyl (C=O) groups excluding carboxylic acids is 3. The maximum Gasteiger partial charge on any atom is 0.327 e. The molecule has 200 valence electrons. The SMILES string of the molecule is CNC=O.CNc1nc2c(Br)cc(C(=O)CCC(=O)N3CCC(n4c(=O)[nH]c5ncccc54)CC3)cc2[nH]1. The fraction of sp³-hybridized carbons (Fsp3) is 0.360. The van der Waals surface area contributed by atoms with Crippen LogP contribution >= 0.6 is 15.9 Å². The molecule has 4 heterocycles. The number of anilines is 1. The summed E-state index contributed by atoms with van der Waals surface area (Å²) in [5.41, 5.74) is 3.20. The Morgan fingerprint density at radius 1 is 1.18 bits per heavy atom. The highest BCUT2D eigenvalue weighted by molar-refractivity contribution is 9.10. The summed E-state index contributed by atoms with van der Waals surface area (Å²) in [5, 5.41) is 5.20. The molecule has 2 amide bonds. The van der Waals surface area contributed by atoms with Crippen molar-refractivity contribution < 1.29 is 14.4 Å². The molecule has 1 aliphatic heterocycles. The number of imidazole rings is 2. The van der Waals surface area contributed by atoms with E-state index in [0.29, 0.717) is 49.5 Å². The topological polar surface area (TPSA) is 158 Å². The summed E-state index contributed by atoms with van der Waals surface area (Å²) in [7, 11) is 3.33. The van der Waals surface area contributed by atoms with E-state index in [9.17, 15) is 14.4 Å². The number of fused-ring (bicyclic) bond motifs is 2. The first-order valence-corrected chi connectivity index (χ1v) is 13.0. The highest BCUT2D eigenvalue weighted by Gasteiger charge is 2.26. The molecule has 1 fully saturated rings. The Morgan fingerprint density at radius 3 is 2.61 bits per heavy atom. The van der Waals surface area contributed by atoms with Crippen LogP contribution in [0.15, 0.2) is 39.7 Å². The lowest BCUT2D eigenvalue weighted by molar-refractivity contribution is -0.132. The van der Waals surface area contributed by atoms with Crippen molar-refractivity contribution in [3.8, 4) is 0 Å². The summed E-state index contributed by atoms with van der Waals surface area (Å²) in [6.45, 7) is 1.10. The molecular formula is C25H29BrN8O4. The highest BCUT2D eigenvalue weighted by atomic mass is 79.9. The van der Waals surface area contributed by atoms with Gasteiger partial charge in [0.15, 0.2) is 11.4 Å². The molecular weight excluding hydrogens is 556 g/mol. The molecule has 0 spiro atoms. The average Bonchev–Trinajstić information content (AvgIpc) is 3.52. The smallest absolute Gasteiger partial charge is 0.327 e. The molecule has 13 heteroatoms. The molecule has 4 N–H and O–H groups in total. The number of benzene rings is 1. The highest BCUT2D eigenvalue weighted by Crippen LogP contribution is 2.27. The van der Waals surface area contributed by atoms with E-state index in [2.05, 4.69) is 46.5 Å². The maximum atomic E-state index is 12.8. The van der Waals surface area contributed by atoms with Gasteiger partial charge in [-0.2, -0.15) is 0 Å². The van der Waals surface area contributed by atoms with Crippen LogP contribution in [-0.2, 0) is 9.59 Å². The molecule has 0 bridgehead atoms. The monoisotopic (exact) mass is 584 g/mol. The van der Waals surface area contributed by atoms with Crippen molar-refractivity contribution in [2.45, 2.75) is 31.7 Å². The molecule has 1 aromatic carbocycles. The van der Waals surface area contributed by atoms with E-state index >= 15 is 0 Å². The van der Waals surface area contributed by atoms with Gasteiger partial charge in [0.2, 0.25) is 18.3 Å². The quantitative estimate of drug-likeness (QED) is 0.192. The van der Waals surface area contributed by atoms with E-state index in [4.69, 9.17) is 4.79 Å². The Balaban J connectivity index is 0.000000786. The zero-order valence-corrected chi connectivity index (χ0v) is 22.7. The number of likely N-dealkylation sites (tertiary alicyclic amines) is 1. The molecule has 0 radical (unpaired) electrons. The van der Waals surface area contributed by atoms with E-state index in [1.165, 1.54) is 0 Å². The molecule has 5 rings (SSSR count). The van der Waals surface area contributed by atoms with Crippen molar-refractivity contribution in [3.63, 3.8) is 0 Å². The number of hydrogen-bond acceptors (Lipinski definition) is 7. The number of hydrogen-bond donors (Lipinski definition) is 4. The summed E-state index contributed by atoms with van der Waals surface area (Å²) in [4.78, 5) is 63.4. The first kappa shape index (κ1) is 27.0. The summed E-state index contributed by atoms with van der Waals surface area (Å²) in [6, 6.07) is 7.21. The lowest BCUT2D eigenvalue weighted by Crippen LogP contribution is -2.40. The van der Waals surface area contributed by atoms with Crippen LogP contribution in [0.1, 0.15) is 42.1 Å². The molecule has 38 heavy (non-hydrogen) atoms. The number of ketones is 1. The minimum Gasteiger partial charge on any atom is -0.362 e. The summed E-state index contributed by atoms with van der Waals surface area (Å²) >= 11 is 3.48. The van der Waals surface area contributed by atoms with Crippen LogP contribution < -0.4 is 16.3 Å². The number of aromatic nitrogens is 5. The van der Waals surface area contributed by atoms with Gasteiger partial charge in [0.1, 0.15) is 5.52 Å². The van der Waals surface area contributed by atoms with Crippen LogP contribution in [0.3, 0.4) is 0 Å².